The number of thiophene rings is 1. The van der Waals surface area contributed by atoms with Gasteiger partial charge < -0.3 is 10.4 Å². The van der Waals surface area contributed by atoms with Gasteiger partial charge in [-0.05, 0) is 34.5 Å². The second-order valence-electron chi connectivity index (χ2n) is 4.64. The SMILES string of the molecule is N#Cc1cc2ccccc2nc1NCC(O)c1ccsc1. The molecule has 104 valence electrons. The number of para-hydroxylation sites is 1. The minimum absolute atomic E-state index is 0.316. The number of aliphatic hydroxyl groups excluding tert-OH is 1. The molecule has 0 spiro atoms. The largest absolute Gasteiger partial charge is 0.387 e. The molecule has 1 atom stereocenters. The highest BCUT2D eigenvalue weighted by atomic mass is 32.1. The number of benzene rings is 1. The molecule has 1 aromatic carbocycles. The minimum Gasteiger partial charge on any atom is -0.387 e. The number of hydrogen-bond donors (Lipinski definition) is 2. The molecular formula is C16H13N3OS. The van der Waals surface area contributed by atoms with Crippen LogP contribution in [-0.2, 0) is 0 Å². The zero-order valence-electron chi connectivity index (χ0n) is 11.2. The summed E-state index contributed by atoms with van der Waals surface area (Å²) in [5, 5.41) is 27.1. The Bertz CT molecular complexity index is 793. The van der Waals surface area contributed by atoms with Gasteiger partial charge in [-0.3, -0.25) is 0 Å². The molecule has 0 aliphatic heterocycles. The van der Waals surface area contributed by atoms with Crippen molar-refractivity contribution in [3.63, 3.8) is 0 Å². The van der Waals surface area contributed by atoms with Crippen molar-refractivity contribution in [2.24, 2.45) is 0 Å². The van der Waals surface area contributed by atoms with Crippen molar-refractivity contribution in [3.8, 4) is 6.07 Å². The van der Waals surface area contributed by atoms with Crippen LogP contribution in [0.2, 0.25) is 0 Å². The number of nitriles is 1. The summed E-state index contributed by atoms with van der Waals surface area (Å²) in [6, 6.07) is 13.5. The average Bonchev–Trinajstić information content (AvgIpc) is 3.06. The molecule has 0 saturated heterocycles. The van der Waals surface area contributed by atoms with Gasteiger partial charge in [0.25, 0.3) is 0 Å². The van der Waals surface area contributed by atoms with E-state index in [9.17, 15) is 10.4 Å². The number of aromatic nitrogens is 1. The molecule has 2 heterocycles. The Balaban J connectivity index is 1.84. The minimum atomic E-state index is -0.615. The lowest BCUT2D eigenvalue weighted by Crippen LogP contribution is -2.13. The molecule has 0 bridgehead atoms. The van der Waals surface area contributed by atoms with Crippen molar-refractivity contribution >= 4 is 28.1 Å². The highest BCUT2D eigenvalue weighted by molar-refractivity contribution is 7.07. The maximum Gasteiger partial charge on any atom is 0.144 e. The Hall–Kier alpha value is -2.42. The predicted octanol–water partition coefficient (Wildman–Crippen LogP) is 3.31. The van der Waals surface area contributed by atoms with Gasteiger partial charge >= 0.3 is 0 Å². The van der Waals surface area contributed by atoms with Gasteiger partial charge in [-0.1, -0.05) is 18.2 Å². The molecule has 3 aromatic rings. The normalized spacial score (nSPS) is 12.0. The van der Waals surface area contributed by atoms with Crippen LogP contribution in [0.5, 0.6) is 0 Å². The summed E-state index contributed by atoms with van der Waals surface area (Å²) in [6.07, 6.45) is -0.615. The Kier molecular flexibility index (Phi) is 3.82. The van der Waals surface area contributed by atoms with E-state index in [-0.39, 0.29) is 0 Å². The lowest BCUT2D eigenvalue weighted by atomic mass is 10.1. The average molecular weight is 295 g/mol. The summed E-state index contributed by atoms with van der Waals surface area (Å²) in [5.41, 5.74) is 2.17. The van der Waals surface area contributed by atoms with E-state index in [1.165, 1.54) is 0 Å². The molecule has 0 saturated carbocycles. The molecule has 0 fully saturated rings. The number of pyridine rings is 1. The van der Waals surface area contributed by atoms with Gasteiger partial charge in [-0.15, -0.1) is 0 Å². The first-order valence-electron chi connectivity index (χ1n) is 6.52. The lowest BCUT2D eigenvalue weighted by molar-refractivity contribution is 0.192. The van der Waals surface area contributed by atoms with Gasteiger partial charge in [-0.2, -0.15) is 16.6 Å². The molecule has 21 heavy (non-hydrogen) atoms. The van der Waals surface area contributed by atoms with Crippen LogP contribution in [0.25, 0.3) is 10.9 Å². The smallest absolute Gasteiger partial charge is 0.144 e. The highest BCUT2D eigenvalue weighted by Crippen LogP contribution is 2.21. The van der Waals surface area contributed by atoms with E-state index in [0.29, 0.717) is 17.9 Å². The van der Waals surface area contributed by atoms with E-state index in [2.05, 4.69) is 16.4 Å². The van der Waals surface area contributed by atoms with Crippen LogP contribution in [0.4, 0.5) is 5.82 Å². The van der Waals surface area contributed by atoms with Crippen LogP contribution in [0, 0.1) is 11.3 Å². The molecule has 5 heteroatoms. The fourth-order valence-electron chi connectivity index (χ4n) is 2.11. The van der Waals surface area contributed by atoms with Crippen LogP contribution in [0.1, 0.15) is 17.2 Å². The van der Waals surface area contributed by atoms with E-state index in [1.807, 2.05) is 47.2 Å². The molecule has 0 aliphatic rings. The van der Waals surface area contributed by atoms with Crippen molar-refractivity contribution in [3.05, 3.63) is 58.3 Å². The lowest BCUT2D eigenvalue weighted by Gasteiger charge is -2.12. The maximum atomic E-state index is 10.1. The Labute approximate surface area is 126 Å². The zero-order valence-corrected chi connectivity index (χ0v) is 12.0. The molecule has 4 nitrogen and oxygen atoms in total. The quantitative estimate of drug-likeness (QED) is 0.774. The summed E-state index contributed by atoms with van der Waals surface area (Å²) in [7, 11) is 0. The number of anilines is 1. The van der Waals surface area contributed by atoms with Crippen LogP contribution < -0.4 is 5.32 Å². The monoisotopic (exact) mass is 295 g/mol. The molecule has 0 radical (unpaired) electrons. The summed E-state index contributed by atoms with van der Waals surface area (Å²) >= 11 is 1.54. The Morgan fingerprint density at radius 1 is 1.33 bits per heavy atom. The second kappa shape index (κ2) is 5.92. The molecular weight excluding hydrogens is 282 g/mol. The van der Waals surface area contributed by atoms with Crippen LogP contribution in [0.15, 0.2) is 47.2 Å². The Morgan fingerprint density at radius 3 is 2.95 bits per heavy atom. The fraction of sp³-hybridized carbons (Fsp3) is 0.125. The van der Waals surface area contributed by atoms with Gasteiger partial charge in [0, 0.05) is 11.9 Å². The second-order valence-corrected chi connectivity index (χ2v) is 5.42. The molecule has 0 aliphatic carbocycles. The first-order chi connectivity index (χ1) is 10.3. The van der Waals surface area contributed by atoms with Crippen LogP contribution in [0.3, 0.4) is 0 Å². The van der Waals surface area contributed by atoms with Gasteiger partial charge in [0.05, 0.1) is 17.2 Å². The van der Waals surface area contributed by atoms with Gasteiger partial charge in [0.1, 0.15) is 11.9 Å². The number of fused-ring (bicyclic) bond motifs is 1. The van der Waals surface area contributed by atoms with E-state index >= 15 is 0 Å². The third-order valence-corrected chi connectivity index (χ3v) is 3.94. The first-order valence-corrected chi connectivity index (χ1v) is 7.46. The molecule has 2 aromatic heterocycles. The molecule has 2 N–H and O–H groups in total. The van der Waals surface area contributed by atoms with Gasteiger partial charge in [0.2, 0.25) is 0 Å². The topological polar surface area (TPSA) is 68.9 Å². The number of nitrogens with zero attached hydrogens (tertiary/aromatic N) is 2. The van der Waals surface area contributed by atoms with E-state index in [4.69, 9.17) is 0 Å². The van der Waals surface area contributed by atoms with Crippen molar-refractivity contribution in [2.45, 2.75) is 6.10 Å². The zero-order chi connectivity index (χ0) is 14.7. The van der Waals surface area contributed by atoms with Crippen LogP contribution >= 0.6 is 11.3 Å². The van der Waals surface area contributed by atoms with Gasteiger partial charge in [-0.25, -0.2) is 4.98 Å². The number of nitrogens with one attached hydrogen (secondary N) is 1. The number of rotatable bonds is 4. The molecule has 1 unspecified atom stereocenters. The third-order valence-electron chi connectivity index (χ3n) is 3.24. The maximum absolute atomic E-state index is 10.1. The van der Waals surface area contributed by atoms with E-state index in [0.717, 1.165) is 16.5 Å². The summed E-state index contributed by atoms with van der Waals surface area (Å²) in [5.74, 6) is 0.505. The first kappa shape index (κ1) is 13.6. The van der Waals surface area contributed by atoms with Crippen molar-refractivity contribution in [1.82, 2.24) is 4.98 Å². The predicted molar refractivity (Wildman–Crippen MR) is 84.2 cm³/mol. The number of aliphatic hydroxyl groups is 1. The highest BCUT2D eigenvalue weighted by Gasteiger charge is 2.11. The van der Waals surface area contributed by atoms with Gasteiger partial charge in [0.15, 0.2) is 0 Å². The molecule has 0 amide bonds. The number of hydrogen-bond acceptors (Lipinski definition) is 5. The standard InChI is InChI=1S/C16H13N3OS/c17-8-13-7-11-3-1-2-4-14(11)19-16(13)18-9-15(20)12-5-6-21-10-12/h1-7,10,15,20H,9H2,(H,18,19). The summed E-state index contributed by atoms with van der Waals surface area (Å²) < 4.78 is 0. The summed E-state index contributed by atoms with van der Waals surface area (Å²) in [4.78, 5) is 4.46. The van der Waals surface area contributed by atoms with E-state index < -0.39 is 6.10 Å². The van der Waals surface area contributed by atoms with E-state index in [1.54, 1.807) is 11.3 Å². The molecule has 3 rings (SSSR count). The summed E-state index contributed by atoms with van der Waals surface area (Å²) in [6.45, 7) is 0.316. The third kappa shape index (κ3) is 2.87. The van der Waals surface area contributed by atoms with Crippen molar-refractivity contribution in [2.75, 3.05) is 11.9 Å². The van der Waals surface area contributed by atoms with Crippen molar-refractivity contribution < 1.29 is 5.11 Å². The van der Waals surface area contributed by atoms with Crippen molar-refractivity contribution in [1.29, 1.82) is 5.26 Å². The Morgan fingerprint density at radius 2 is 2.19 bits per heavy atom. The fourth-order valence-corrected chi connectivity index (χ4v) is 2.82. The van der Waals surface area contributed by atoms with Crippen LogP contribution in [-0.4, -0.2) is 16.6 Å².